The van der Waals surface area contributed by atoms with Gasteiger partial charge in [0.15, 0.2) is 12.1 Å². The molecule has 230 valence electrons. The van der Waals surface area contributed by atoms with Gasteiger partial charge in [-0.05, 0) is 34.4 Å². The van der Waals surface area contributed by atoms with Crippen LogP contribution < -0.4 is 16.0 Å². The molecule has 1 aromatic heterocycles. The summed E-state index contributed by atoms with van der Waals surface area (Å²) in [5, 5.41) is 18.1. The highest BCUT2D eigenvalue weighted by Crippen LogP contribution is 2.30. The van der Waals surface area contributed by atoms with Crippen LogP contribution in [0.4, 0.5) is 0 Å². The van der Waals surface area contributed by atoms with Crippen LogP contribution in [0.15, 0.2) is 151 Å². The number of nitrogens with zero attached hydrogens (tertiary/aromatic N) is 2. The molecule has 2 atom stereocenters. The Balaban J connectivity index is 1.13. The van der Waals surface area contributed by atoms with Crippen molar-refractivity contribution in [2.75, 3.05) is 0 Å². The number of hydrogen-bond donors (Lipinski definition) is 4. The van der Waals surface area contributed by atoms with E-state index in [9.17, 15) is 0 Å². The Morgan fingerprint density at radius 3 is 1.55 bits per heavy atom. The number of halogens is 2. The maximum absolute atomic E-state index is 8.50. The molecule has 1 aliphatic heterocycles. The molecule has 0 spiro atoms. The monoisotopic (exact) mass is 652 g/mol. The Kier molecular flexibility index (Phi) is 8.80. The fraction of sp³-hybridized carbons (Fsp3) is 0.0513. The zero-order chi connectivity index (χ0) is 32.2. The summed E-state index contributed by atoms with van der Waals surface area (Å²) in [6.45, 7) is 0. The number of rotatable bonds is 7. The van der Waals surface area contributed by atoms with Crippen LogP contribution in [0.3, 0.4) is 0 Å². The van der Waals surface area contributed by atoms with E-state index in [4.69, 9.17) is 38.6 Å². The molecule has 0 amide bonds. The van der Waals surface area contributed by atoms with E-state index >= 15 is 0 Å². The van der Waals surface area contributed by atoms with Gasteiger partial charge in [0.1, 0.15) is 16.5 Å². The quantitative estimate of drug-likeness (QED) is 0.0599. The molecule has 8 heteroatoms. The summed E-state index contributed by atoms with van der Waals surface area (Å²) in [6, 6.07) is 47.2. The zero-order valence-corrected chi connectivity index (χ0v) is 26.7. The molecule has 2 heterocycles. The SMILES string of the molecule is N=C(NC1NC(Cl)=CC(Cl)N1)c1ccc(-c2ccc(-c3cc(-c4ccc(-c5ccccc5)cc4)nc(-c4ccccc4)n3)cc2)cc1. The molecule has 7 rings (SSSR count). The molecule has 47 heavy (non-hydrogen) atoms. The minimum absolute atomic E-state index is 0.246. The lowest BCUT2D eigenvalue weighted by atomic mass is 10.00. The van der Waals surface area contributed by atoms with E-state index in [2.05, 4.69) is 94.8 Å². The van der Waals surface area contributed by atoms with Gasteiger partial charge in [-0.1, -0.05) is 145 Å². The average molecular weight is 654 g/mol. The highest BCUT2D eigenvalue weighted by molar-refractivity contribution is 6.30. The molecule has 0 fully saturated rings. The minimum Gasteiger partial charge on any atom is -0.344 e. The van der Waals surface area contributed by atoms with Crippen molar-refractivity contribution >= 4 is 29.0 Å². The summed E-state index contributed by atoms with van der Waals surface area (Å²) in [7, 11) is 0. The lowest BCUT2D eigenvalue weighted by Crippen LogP contribution is -2.58. The summed E-state index contributed by atoms with van der Waals surface area (Å²) in [5.74, 6) is 0.926. The van der Waals surface area contributed by atoms with Gasteiger partial charge in [0.05, 0.1) is 11.4 Å². The van der Waals surface area contributed by atoms with Gasteiger partial charge >= 0.3 is 0 Å². The lowest BCUT2D eigenvalue weighted by molar-refractivity contribution is 0.428. The number of amidine groups is 1. The van der Waals surface area contributed by atoms with Gasteiger partial charge in [0.2, 0.25) is 0 Å². The van der Waals surface area contributed by atoms with E-state index in [1.54, 1.807) is 6.08 Å². The molecule has 2 unspecified atom stereocenters. The molecule has 4 N–H and O–H groups in total. The van der Waals surface area contributed by atoms with E-state index < -0.39 is 11.8 Å². The highest BCUT2D eigenvalue weighted by Gasteiger charge is 2.19. The van der Waals surface area contributed by atoms with Crippen molar-refractivity contribution in [1.82, 2.24) is 25.9 Å². The van der Waals surface area contributed by atoms with Crippen molar-refractivity contribution in [3.8, 4) is 56.2 Å². The zero-order valence-electron chi connectivity index (χ0n) is 25.2. The lowest BCUT2D eigenvalue weighted by Gasteiger charge is -2.28. The fourth-order valence-electron chi connectivity index (χ4n) is 5.46. The first kappa shape index (κ1) is 30.4. The van der Waals surface area contributed by atoms with Crippen LogP contribution in [-0.2, 0) is 0 Å². The first-order valence-corrected chi connectivity index (χ1v) is 16.0. The van der Waals surface area contributed by atoms with E-state index in [0.717, 1.165) is 50.3 Å². The molecule has 5 aromatic carbocycles. The second-order valence-electron chi connectivity index (χ2n) is 11.1. The van der Waals surface area contributed by atoms with Crippen LogP contribution in [-0.4, -0.2) is 27.6 Å². The Hall–Kier alpha value is -5.27. The Labute approximate surface area is 283 Å². The van der Waals surface area contributed by atoms with Crippen molar-refractivity contribution in [3.05, 3.63) is 156 Å². The summed E-state index contributed by atoms with van der Waals surface area (Å²) >= 11 is 12.2. The topological polar surface area (TPSA) is 85.7 Å². The van der Waals surface area contributed by atoms with Gasteiger partial charge in [-0.3, -0.25) is 10.7 Å². The first-order valence-electron chi connectivity index (χ1n) is 15.2. The van der Waals surface area contributed by atoms with Crippen molar-refractivity contribution in [2.45, 2.75) is 11.8 Å². The van der Waals surface area contributed by atoms with Gasteiger partial charge in [-0.2, -0.15) is 0 Å². The number of aromatic nitrogens is 2. The third kappa shape index (κ3) is 7.11. The molecule has 0 bridgehead atoms. The maximum atomic E-state index is 8.50. The summed E-state index contributed by atoms with van der Waals surface area (Å²) < 4.78 is 0. The Morgan fingerprint density at radius 2 is 1.04 bits per heavy atom. The van der Waals surface area contributed by atoms with Crippen molar-refractivity contribution < 1.29 is 0 Å². The number of alkyl halides is 1. The van der Waals surface area contributed by atoms with Gasteiger partial charge in [0, 0.05) is 22.3 Å². The molecule has 1 aliphatic rings. The normalized spacial score (nSPS) is 15.7. The van der Waals surface area contributed by atoms with E-state index in [-0.39, 0.29) is 5.84 Å². The summed E-state index contributed by atoms with van der Waals surface area (Å²) in [4.78, 5) is 9.96. The predicted molar refractivity (Wildman–Crippen MR) is 193 cm³/mol. The first-order chi connectivity index (χ1) is 23.0. The number of hydrogen-bond acceptors (Lipinski definition) is 5. The summed E-state index contributed by atoms with van der Waals surface area (Å²) in [5.41, 5.74) is 9.46. The molecule has 0 saturated heterocycles. The van der Waals surface area contributed by atoms with E-state index in [1.807, 2.05) is 60.7 Å². The largest absolute Gasteiger partial charge is 0.344 e. The number of nitrogens with one attached hydrogen (secondary N) is 4. The van der Waals surface area contributed by atoms with Crippen LogP contribution in [0.25, 0.3) is 56.2 Å². The highest BCUT2D eigenvalue weighted by atomic mass is 35.5. The molecule has 6 aromatic rings. The Morgan fingerprint density at radius 1 is 0.596 bits per heavy atom. The Bertz CT molecular complexity index is 2030. The fourth-order valence-corrected chi connectivity index (χ4v) is 6.01. The smallest absolute Gasteiger partial charge is 0.160 e. The minimum atomic E-state index is -0.451. The second-order valence-corrected chi connectivity index (χ2v) is 12.0. The molecule has 0 radical (unpaired) electrons. The third-order valence-corrected chi connectivity index (χ3v) is 8.41. The third-order valence-electron chi connectivity index (χ3n) is 7.92. The van der Waals surface area contributed by atoms with Gasteiger partial charge in [-0.15, -0.1) is 11.6 Å². The van der Waals surface area contributed by atoms with E-state index in [1.165, 1.54) is 5.56 Å². The predicted octanol–water partition coefficient (Wildman–Crippen LogP) is 8.85. The second kappa shape index (κ2) is 13.6. The van der Waals surface area contributed by atoms with Gasteiger partial charge in [0.25, 0.3) is 0 Å². The van der Waals surface area contributed by atoms with Crippen molar-refractivity contribution in [1.29, 1.82) is 5.41 Å². The van der Waals surface area contributed by atoms with Crippen LogP contribution in [0, 0.1) is 5.41 Å². The molecular weight excluding hydrogens is 623 g/mol. The van der Waals surface area contributed by atoms with Crippen LogP contribution in [0.5, 0.6) is 0 Å². The van der Waals surface area contributed by atoms with Crippen LogP contribution in [0.2, 0.25) is 0 Å². The standard InChI is InChI=1S/C39H30Cl2N6/c40-35-24-36(41)46-39(45-35)47-37(42)31-21-15-28(16-22-31)27-13-19-30(20-14-27)34-23-33(43-38(44-34)32-9-5-2-6-10-32)29-17-11-26(12-18-29)25-7-3-1-4-8-25/h1-24,35,39,45-46H,(H2,42,47). The van der Waals surface area contributed by atoms with E-state index in [0.29, 0.717) is 11.0 Å². The van der Waals surface area contributed by atoms with Gasteiger partial charge < -0.3 is 10.6 Å². The molecule has 0 saturated carbocycles. The van der Waals surface area contributed by atoms with Crippen LogP contribution in [0.1, 0.15) is 5.56 Å². The average Bonchev–Trinajstić information content (AvgIpc) is 3.12. The maximum Gasteiger partial charge on any atom is 0.160 e. The molecule has 0 aliphatic carbocycles. The van der Waals surface area contributed by atoms with Crippen molar-refractivity contribution in [3.63, 3.8) is 0 Å². The molecule has 6 nitrogen and oxygen atoms in total. The van der Waals surface area contributed by atoms with Crippen LogP contribution >= 0.6 is 23.2 Å². The summed E-state index contributed by atoms with van der Waals surface area (Å²) in [6.07, 6.45) is 1.20. The number of benzene rings is 5. The molecular formula is C39H30Cl2N6. The van der Waals surface area contributed by atoms with Gasteiger partial charge in [-0.25, -0.2) is 9.97 Å². The van der Waals surface area contributed by atoms with Crippen molar-refractivity contribution in [2.24, 2.45) is 0 Å².